The van der Waals surface area contributed by atoms with E-state index in [0.29, 0.717) is 23.7 Å². The van der Waals surface area contributed by atoms with E-state index in [4.69, 9.17) is 14.6 Å². The molecule has 2 aromatic rings. The number of carboxylic acid groups (broad SMARTS) is 1. The highest BCUT2D eigenvalue weighted by molar-refractivity contribution is 5.99. The number of aliphatic carboxylic acids is 1. The van der Waals surface area contributed by atoms with Crippen LogP contribution < -0.4 is 19.7 Å². The molecule has 29 heavy (non-hydrogen) atoms. The van der Waals surface area contributed by atoms with E-state index in [9.17, 15) is 14.4 Å². The van der Waals surface area contributed by atoms with Crippen molar-refractivity contribution in [2.24, 2.45) is 5.92 Å². The van der Waals surface area contributed by atoms with E-state index < -0.39 is 11.9 Å². The van der Waals surface area contributed by atoms with Gasteiger partial charge in [0.25, 0.3) is 5.91 Å². The number of nitrogens with zero attached hydrogens (tertiary/aromatic N) is 1. The zero-order chi connectivity index (χ0) is 20.8. The average Bonchev–Trinajstić information content (AvgIpc) is 3.11. The Bertz CT molecular complexity index is 879. The Morgan fingerprint density at radius 2 is 1.69 bits per heavy atom. The van der Waals surface area contributed by atoms with Crippen LogP contribution in [0, 0.1) is 5.92 Å². The monoisotopic (exact) mass is 398 g/mol. The summed E-state index contributed by atoms with van der Waals surface area (Å²) < 4.78 is 10.8. The summed E-state index contributed by atoms with van der Waals surface area (Å²) in [5.41, 5.74) is 1.24. The Balaban J connectivity index is 1.50. The zero-order valence-corrected chi connectivity index (χ0v) is 16.0. The van der Waals surface area contributed by atoms with Gasteiger partial charge in [0, 0.05) is 24.3 Å². The van der Waals surface area contributed by atoms with Gasteiger partial charge in [-0.05, 0) is 55.5 Å². The molecule has 8 heteroatoms. The largest absolute Gasteiger partial charge is 0.494 e. The van der Waals surface area contributed by atoms with Crippen LogP contribution in [0.2, 0.25) is 0 Å². The van der Waals surface area contributed by atoms with Crippen molar-refractivity contribution in [2.45, 2.75) is 13.3 Å². The molecule has 0 radical (unpaired) electrons. The Kier molecular flexibility index (Phi) is 6.33. The molecule has 152 valence electrons. The topological polar surface area (TPSA) is 105 Å². The number of hydrogen-bond acceptors (Lipinski definition) is 5. The lowest BCUT2D eigenvalue weighted by atomic mass is 10.1. The van der Waals surface area contributed by atoms with Crippen molar-refractivity contribution in [3.63, 3.8) is 0 Å². The number of anilines is 2. The van der Waals surface area contributed by atoms with E-state index in [0.717, 1.165) is 5.75 Å². The number of ether oxygens (including phenoxy) is 2. The molecule has 3 rings (SSSR count). The van der Waals surface area contributed by atoms with Gasteiger partial charge in [-0.15, -0.1) is 0 Å². The molecule has 0 unspecified atom stereocenters. The maximum absolute atomic E-state index is 12.0. The number of hydrogen-bond donors (Lipinski definition) is 2. The van der Waals surface area contributed by atoms with Gasteiger partial charge in [-0.2, -0.15) is 0 Å². The number of benzene rings is 2. The van der Waals surface area contributed by atoms with Gasteiger partial charge in [0.2, 0.25) is 5.91 Å². The number of carbonyl (C=O) groups is 3. The summed E-state index contributed by atoms with van der Waals surface area (Å²) in [4.78, 5) is 36.5. The molecule has 0 aromatic heterocycles. The highest BCUT2D eigenvalue weighted by atomic mass is 16.5. The van der Waals surface area contributed by atoms with Crippen LogP contribution in [0.25, 0.3) is 0 Å². The maximum atomic E-state index is 12.0. The summed E-state index contributed by atoms with van der Waals surface area (Å²) in [5.74, 6) is -0.993. The van der Waals surface area contributed by atoms with Crippen molar-refractivity contribution in [1.82, 2.24) is 0 Å². The molecule has 0 spiro atoms. The summed E-state index contributed by atoms with van der Waals surface area (Å²) >= 11 is 0. The summed E-state index contributed by atoms with van der Waals surface area (Å²) in [6.45, 7) is 2.45. The van der Waals surface area contributed by atoms with E-state index in [1.54, 1.807) is 48.5 Å². The van der Waals surface area contributed by atoms with Gasteiger partial charge in [-0.3, -0.25) is 14.4 Å². The highest BCUT2D eigenvalue weighted by Crippen LogP contribution is 2.27. The van der Waals surface area contributed by atoms with Crippen molar-refractivity contribution in [3.05, 3.63) is 48.5 Å². The molecule has 2 aromatic carbocycles. The average molecular weight is 398 g/mol. The molecular formula is C21H22N2O6. The lowest BCUT2D eigenvalue weighted by Gasteiger charge is -2.16. The van der Waals surface area contributed by atoms with E-state index in [1.165, 1.54) is 4.90 Å². The molecule has 1 aliphatic rings. The number of carbonyl (C=O) groups excluding carboxylic acids is 2. The van der Waals surface area contributed by atoms with Crippen molar-refractivity contribution in [1.29, 1.82) is 0 Å². The summed E-state index contributed by atoms with van der Waals surface area (Å²) in [6.07, 6.45) is -0.000690. The fourth-order valence-corrected chi connectivity index (χ4v) is 2.99. The van der Waals surface area contributed by atoms with Crippen LogP contribution in [0.15, 0.2) is 48.5 Å². The zero-order valence-electron chi connectivity index (χ0n) is 16.0. The summed E-state index contributed by atoms with van der Waals surface area (Å²) in [7, 11) is 0. The van der Waals surface area contributed by atoms with Crippen LogP contribution >= 0.6 is 0 Å². The van der Waals surface area contributed by atoms with E-state index >= 15 is 0 Å². The van der Waals surface area contributed by atoms with Gasteiger partial charge in [-0.25, -0.2) is 0 Å². The Morgan fingerprint density at radius 1 is 1.07 bits per heavy atom. The van der Waals surface area contributed by atoms with Gasteiger partial charge in [0.15, 0.2) is 6.61 Å². The molecule has 2 N–H and O–H groups in total. The molecule has 0 bridgehead atoms. The second kappa shape index (κ2) is 9.09. The molecule has 2 amide bonds. The third kappa shape index (κ3) is 5.25. The number of carboxylic acids is 1. The smallest absolute Gasteiger partial charge is 0.308 e. The second-order valence-corrected chi connectivity index (χ2v) is 6.53. The minimum Gasteiger partial charge on any atom is -0.494 e. The quantitative estimate of drug-likeness (QED) is 0.708. The van der Waals surface area contributed by atoms with Crippen LogP contribution in [0.4, 0.5) is 11.4 Å². The minimum absolute atomic E-state index is 0.000690. The lowest BCUT2D eigenvalue weighted by molar-refractivity contribution is -0.141. The molecular weight excluding hydrogens is 376 g/mol. The van der Waals surface area contributed by atoms with Crippen LogP contribution in [0.5, 0.6) is 11.5 Å². The number of nitrogens with one attached hydrogen (secondary N) is 1. The van der Waals surface area contributed by atoms with Gasteiger partial charge in [-0.1, -0.05) is 0 Å². The third-order valence-electron chi connectivity index (χ3n) is 4.44. The van der Waals surface area contributed by atoms with Crippen LogP contribution in [0.3, 0.4) is 0 Å². The predicted octanol–water partition coefficient (Wildman–Crippen LogP) is 2.54. The Labute approximate surface area is 168 Å². The fourth-order valence-electron chi connectivity index (χ4n) is 2.99. The van der Waals surface area contributed by atoms with Crippen molar-refractivity contribution in [2.75, 3.05) is 30.0 Å². The van der Waals surface area contributed by atoms with Gasteiger partial charge < -0.3 is 24.8 Å². The first-order valence-electron chi connectivity index (χ1n) is 9.25. The first-order valence-corrected chi connectivity index (χ1v) is 9.25. The molecule has 8 nitrogen and oxygen atoms in total. The van der Waals surface area contributed by atoms with Crippen molar-refractivity contribution >= 4 is 29.2 Å². The Hall–Kier alpha value is -3.55. The van der Waals surface area contributed by atoms with Crippen molar-refractivity contribution in [3.8, 4) is 11.5 Å². The van der Waals surface area contributed by atoms with Crippen molar-refractivity contribution < 1.29 is 29.0 Å². The molecule has 1 fully saturated rings. The van der Waals surface area contributed by atoms with Crippen LogP contribution in [-0.4, -0.2) is 42.6 Å². The normalized spacial score (nSPS) is 15.8. The van der Waals surface area contributed by atoms with Gasteiger partial charge >= 0.3 is 5.97 Å². The SMILES string of the molecule is CCOc1ccc(NC(=O)COc2ccc(N3C[C@@H](C(=O)O)CC3=O)cc2)cc1. The first kappa shape index (κ1) is 20.2. The Morgan fingerprint density at radius 3 is 2.28 bits per heavy atom. The van der Waals surface area contributed by atoms with E-state index in [2.05, 4.69) is 5.32 Å². The standard InChI is InChI=1S/C21H22N2O6/c1-2-28-17-7-3-15(4-8-17)22-19(24)13-29-18-9-5-16(6-10-18)23-12-14(21(26)27)11-20(23)25/h3-10,14H,2,11-13H2,1H3,(H,22,24)(H,26,27)/t14-/m0/s1. The first-order chi connectivity index (χ1) is 14.0. The summed E-state index contributed by atoms with van der Waals surface area (Å²) in [6, 6.07) is 13.6. The van der Waals surface area contributed by atoms with Gasteiger partial charge in [0.1, 0.15) is 11.5 Å². The molecule has 1 atom stereocenters. The van der Waals surface area contributed by atoms with E-state index in [-0.39, 0.29) is 31.4 Å². The molecule has 0 aliphatic carbocycles. The summed E-state index contributed by atoms with van der Waals surface area (Å²) in [5, 5.41) is 11.8. The van der Waals surface area contributed by atoms with Crippen LogP contribution in [-0.2, 0) is 14.4 Å². The van der Waals surface area contributed by atoms with Gasteiger partial charge in [0.05, 0.1) is 12.5 Å². The number of amides is 2. The predicted molar refractivity (Wildman–Crippen MR) is 106 cm³/mol. The van der Waals surface area contributed by atoms with Crippen LogP contribution in [0.1, 0.15) is 13.3 Å². The number of rotatable bonds is 8. The molecule has 1 saturated heterocycles. The minimum atomic E-state index is -0.973. The second-order valence-electron chi connectivity index (χ2n) is 6.53. The molecule has 1 heterocycles. The highest BCUT2D eigenvalue weighted by Gasteiger charge is 2.34. The molecule has 0 saturated carbocycles. The fraction of sp³-hybridized carbons (Fsp3) is 0.286. The molecule has 1 aliphatic heterocycles. The maximum Gasteiger partial charge on any atom is 0.308 e. The third-order valence-corrected chi connectivity index (χ3v) is 4.44. The van der Waals surface area contributed by atoms with E-state index in [1.807, 2.05) is 6.92 Å². The lowest BCUT2D eigenvalue weighted by Crippen LogP contribution is -2.25.